The molecule has 0 spiro atoms. The van der Waals surface area contributed by atoms with Crippen molar-refractivity contribution in [2.24, 2.45) is 0 Å². The molecule has 2 aromatic rings. The second kappa shape index (κ2) is 5.14. The van der Waals surface area contributed by atoms with E-state index in [1.165, 1.54) is 11.1 Å². The third kappa shape index (κ3) is 2.37. The van der Waals surface area contributed by atoms with Gasteiger partial charge in [0.1, 0.15) is 5.82 Å². The smallest absolute Gasteiger partial charge is 0.127 e. The fraction of sp³-hybridized carbons (Fsp3) is 0.533. The number of hydrogen-bond donors (Lipinski definition) is 0. The first kappa shape index (κ1) is 12.9. The topological polar surface area (TPSA) is 27.1 Å². The van der Waals surface area contributed by atoms with Gasteiger partial charge >= 0.3 is 0 Å². The van der Waals surface area contributed by atoms with E-state index in [4.69, 9.17) is 21.3 Å². The average Bonchev–Trinajstić information content (AvgIpc) is 2.78. The Hall–Kier alpha value is -1.06. The lowest BCUT2D eigenvalue weighted by atomic mass is 10.1. The van der Waals surface area contributed by atoms with Gasteiger partial charge in [-0.3, -0.25) is 0 Å². The van der Waals surface area contributed by atoms with Gasteiger partial charge in [-0.05, 0) is 44.4 Å². The van der Waals surface area contributed by atoms with Crippen molar-refractivity contribution in [1.29, 1.82) is 0 Å². The van der Waals surface area contributed by atoms with Gasteiger partial charge in [0.15, 0.2) is 0 Å². The van der Waals surface area contributed by atoms with Gasteiger partial charge < -0.3 is 9.30 Å². The summed E-state index contributed by atoms with van der Waals surface area (Å²) in [4.78, 5) is 4.72. The molecule has 1 aromatic heterocycles. The number of rotatable bonds is 2. The fourth-order valence-corrected chi connectivity index (χ4v) is 2.98. The van der Waals surface area contributed by atoms with E-state index in [1.54, 1.807) is 0 Å². The van der Waals surface area contributed by atoms with Crippen LogP contribution in [-0.2, 0) is 4.74 Å². The molecule has 0 radical (unpaired) electrons. The van der Waals surface area contributed by atoms with Gasteiger partial charge in [0.25, 0.3) is 0 Å². The third-order valence-electron chi connectivity index (χ3n) is 3.78. The molecular formula is C15H19ClN2O. The minimum atomic E-state index is -0.0736. The van der Waals surface area contributed by atoms with Crippen LogP contribution in [0.5, 0.6) is 0 Å². The number of fused-ring (bicyclic) bond motifs is 1. The van der Waals surface area contributed by atoms with E-state index in [0.29, 0.717) is 6.04 Å². The highest BCUT2D eigenvalue weighted by atomic mass is 35.5. The number of hydrogen-bond acceptors (Lipinski definition) is 2. The molecule has 1 aromatic carbocycles. The number of benzene rings is 1. The Bertz CT molecular complexity index is 585. The van der Waals surface area contributed by atoms with Crippen LogP contribution in [0.25, 0.3) is 11.0 Å². The molecule has 1 aliphatic rings. The zero-order valence-corrected chi connectivity index (χ0v) is 12.2. The first-order valence-corrected chi connectivity index (χ1v) is 7.31. The van der Waals surface area contributed by atoms with Gasteiger partial charge in [-0.1, -0.05) is 6.07 Å². The van der Waals surface area contributed by atoms with Gasteiger partial charge in [0.05, 0.1) is 16.4 Å². The fourth-order valence-electron chi connectivity index (χ4n) is 2.83. The molecule has 1 unspecified atom stereocenters. The Labute approximate surface area is 118 Å². The van der Waals surface area contributed by atoms with Crippen LogP contribution in [-0.4, -0.2) is 22.8 Å². The second-order valence-corrected chi connectivity index (χ2v) is 5.95. The highest BCUT2D eigenvalue weighted by molar-refractivity contribution is 6.20. The highest BCUT2D eigenvalue weighted by Gasteiger charge is 2.23. The van der Waals surface area contributed by atoms with Crippen molar-refractivity contribution >= 4 is 22.6 Å². The number of ether oxygens (including phenoxy) is 1. The van der Waals surface area contributed by atoms with E-state index < -0.39 is 0 Å². The zero-order chi connectivity index (χ0) is 13.4. The minimum Gasteiger partial charge on any atom is -0.381 e. The normalized spacial score (nSPS) is 18.9. The SMILES string of the molecule is Cc1ccc2nc(C(C)Cl)n(C3CCOCC3)c2c1. The molecule has 2 heterocycles. The van der Waals surface area contributed by atoms with Gasteiger partial charge in [0.2, 0.25) is 0 Å². The summed E-state index contributed by atoms with van der Waals surface area (Å²) < 4.78 is 7.80. The lowest BCUT2D eigenvalue weighted by Crippen LogP contribution is -2.21. The summed E-state index contributed by atoms with van der Waals surface area (Å²) in [7, 11) is 0. The molecule has 3 nitrogen and oxygen atoms in total. The number of alkyl halides is 1. The number of imidazole rings is 1. The Morgan fingerprint density at radius 1 is 1.37 bits per heavy atom. The first-order valence-electron chi connectivity index (χ1n) is 6.87. The molecule has 0 bridgehead atoms. The Morgan fingerprint density at radius 2 is 2.11 bits per heavy atom. The van der Waals surface area contributed by atoms with Crippen LogP contribution in [0.1, 0.15) is 42.6 Å². The maximum absolute atomic E-state index is 6.32. The van der Waals surface area contributed by atoms with Crippen molar-refractivity contribution in [3.63, 3.8) is 0 Å². The Morgan fingerprint density at radius 3 is 2.79 bits per heavy atom. The lowest BCUT2D eigenvalue weighted by Gasteiger charge is -2.26. The van der Waals surface area contributed by atoms with Crippen LogP contribution in [0.3, 0.4) is 0 Å². The standard InChI is InChI=1S/C15H19ClN2O/c1-10-3-4-13-14(9-10)18(15(17-13)11(2)16)12-5-7-19-8-6-12/h3-4,9,11-12H,5-8H2,1-2H3. The van der Waals surface area contributed by atoms with Gasteiger partial charge in [-0.2, -0.15) is 0 Å². The molecule has 3 rings (SSSR count). The predicted octanol–water partition coefficient (Wildman–Crippen LogP) is 4.00. The lowest BCUT2D eigenvalue weighted by molar-refractivity contribution is 0.0698. The summed E-state index contributed by atoms with van der Waals surface area (Å²) >= 11 is 6.32. The molecular weight excluding hydrogens is 260 g/mol. The molecule has 1 fully saturated rings. The summed E-state index contributed by atoms with van der Waals surface area (Å²) in [6.07, 6.45) is 2.08. The van der Waals surface area contributed by atoms with Crippen molar-refractivity contribution in [3.8, 4) is 0 Å². The largest absolute Gasteiger partial charge is 0.381 e. The molecule has 1 saturated heterocycles. The molecule has 0 aliphatic carbocycles. The van der Waals surface area contributed by atoms with Crippen LogP contribution in [0.15, 0.2) is 18.2 Å². The Balaban J connectivity index is 2.17. The molecule has 102 valence electrons. The van der Waals surface area contributed by atoms with E-state index >= 15 is 0 Å². The molecule has 0 amide bonds. The van der Waals surface area contributed by atoms with E-state index in [1.807, 2.05) is 6.92 Å². The van der Waals surface area contributed by atoms with Gasteiger partial charge in [-0.15, -0.1) is 11.6 Å². The van der Waals surface area contributed by atoms with Gasteiger partial charge in [0, 0.05) is 19.3 Å². The number of aromatic nitrogens is 2. The summed E-state index contributed by atoms with van der Waals surface area (Å²) in [5.41, 5.74) is 3.50. The second-order valence-electron chi connectivity index (χ2n) is 5.29. The highest BCUT2D eigenvalue weighted by Crippen LogP contribution is 2.32. The van der Waals surface area contributed by atoms with Crippen molar-refractivity contribution in [1.82, 2.24) is 9.55 Å². The van der Waals surface area contributed by atoms with Crippen molar-refractivity contribution in [2.75, 3.05) is 13.2 Å². The van der Waals surface area contributed by atoms with E-state index in [9.17, 15) is 0 Å². The van der Waals surface area contributed by atoms with Gasteiger partial charge in [-0.25, -0.2) is 4.98 Å². The maximum atomic E-state index is 6.32. The Kier molecular flexibility index (Phi) is 3.50. The molecule has 0 N–H and O–H groups in total. The summed E-state index contributed by atoms with van der Waals surface area (Å²) in [5, 5.41) is -0.0736. The number of halogens is 1. The molecule has 1 atom stereocenters. The maximum Gasteiger partial charge on any atom is 0.127 e. The summed E-state index contributed by atoms with van der Waals surface area (Å²) in [6, 6.07) is 6.85. The van der Waals surface area contributed by atoms with Crippen LogP contribution < -0.4 is 0 Å². The van der Waals surface area contributed by atoms with Crippen LogP contribution in [0.2, 0.25) is 0 Å². The van der Waals surface area contributed by atoms with E-state index in [0.717, 1.165) is 37.4 Å². The van der Waals surface area contributed by atoms with Crippen LogP contribution >= 0.6 is 11.6 Å². The average molecular weight is 279 g/mol. The molecule has 19 heavy (non-hydrogen) atoms. The first-order chi connectivity index (χ1) is 9.16. The van der Waals surface area contributed by atoms with Crippen LogP contribution in [0, 0.1) is 6.92 Å². The summed E-state index contributed by atoms with van der Waals surface area (Å²) in [6.45, 7) is 5.76. The number of aryl methyl sites for hydroxylation is 1. The quantitative estimate of drug-likeness (QED) is 0.777. The van der Waals surface area contributed by atoms with Crippen molar-refractivity contribution < 1.29 is 4.74 Å². The molecule has 0 saturated carbocycles. The van der Waals surface area contributed by atoms with Crippen LogP contribution in [0.4, 0.5) is 0 Å². The van der Waals surface area contributed by atoms with Crippen molar-refractivity contribution in [2.45, 2.75) is 38.1 Å². The monoisotopic (exact) mass is 278 g/mol. The summed E-state index contributed by atoms with van der Waals surface area (Å²) in [5.74, 6) is 0.981. The van der Waals surface area contributed by atoms with E-state index in [2.05, 4.69) is 29.7 Å². The molecule has 1 aliphatic heterocycles. The minimum absolute atomic E-state index is 0.0736. The van der Waals surface area contributed by atoms with E-state index in [-0.39, 0.29) is 5.38 Å². The zero-order valence-electron chi connectivity index (χ0n) is 11.4. The third-order valence-corrected chi connectivity index (χ3v) is 3.98. The number of nitrogens with zero attached hydrogens (tertiary/aromatic N) is 2. The molecule has 4 heteroatoms. The van der Waals surface area contributed by atoms with Crippen molar-refractivity contribution in [3.05, 3.63) is 29.6 Å². The predicted molar refractivity (Wildman–Crippen MR) is 77.8 cm³/mol.